The second-order valence-corrected chi connectivity index (χ2v) is 6.83. The lowest BCUT2D eigenvalue weighted by Gasteiger charge is -2.39. The van der Waals surface area contributed by atoms with Crippen molar-refractivity contribution in [1.82, 2.24) is 0 Å². The highest BCUT2D eigenvalue weighted by atomic mass is 32.2. The summed E-state index contributed by atoms with van der Waals surface area (Å²) < 4.78 is 29.0. The van der Waals surface area contributed by atoms with Crippen molar-refractivity contribution < 1.29 is 23.1 Å². The zero-order chi connectivity index (χ0) is 14.3. The number of hydrogen-bond acceptors (Lipinski definition) is 4. The van der Waals surface area contributed by atoms with Crippen molar-refractivity contribution in [1.29, 1.82) is 0 Å². The standard InChI is InChI=1S/C13H16O5S/c1-18-9-5-3-6-10(19(2,16)17)11(9)13(12(14)15)7-4-8-13/h3,5-6H,4,7-8H2,1-2H3,(H,14,15). The van der Waals surface area contributed by atoms with Gasteiger partial charge in [0.15, 0.2) is 9.84 Å². The first-order valence-electron chi connectivity index (χ1n) is 5.94. The van der Waals surface area contributed by atoms with E-state index >= 15 is 0 Å². The summed E-state index contributed by atoms with van der Waals surface area (Å²) in [7, 11) is -2.09. The highest BCUT2D eigenvalue weighted by Gasteiger charge is 2.50. The predicted octanol–water partition coefficient (Wildman–Crippen LogP) is 1.60. The number of aliphatic carboxylic acids is 1. The van der Waals surface area contributed by atoms with Gasteiger partial charge in [0.25, 0.3) is 0 Å². The first kappa shape index (κ1) is 13.9. The smallest absolute Gasteiger partial charge is 0.314 e. The highest BCUT2D eigenvalue weighted by Crippen LogP contribution is 2.49. The average molecular weight is 284 g/mol. The van der Waals surface area contributed by atoms with Crippen LogP contribution >= 0.6 is 0 Å². The quantitative estimate of drug-likeness (QED) is 0.908. The molecule has 0 aromatic heterocycles. The Bertz CT molecular complexity index is 614. The molecule has 1 aromatic carbocycles. The van der Waals surface area contributed by atoms with Gasteiger partial charge in [-0.15, -0.1) is 0 Å². The Labute approximate surface area is 112 Å². The first-order valence-corrected chi connectivity index (χ1v) is 7.83. The van der Waals surface area contributed by atoms with Crippen LogP contribution in [-0.2, 0) is 20.0 Å². The molecule has 1 saturated carbocycles. The van der Waals surface area contributed by atoms with Crippen LogP contribution < -0.4 is 4.74 Å². The topological polar surface area (TPSA) is 80.7 Å². The summed E-state index contributed by atoms with van der Waals surface area (Å²) in [5.41, 5.74) is -0.843. The summed E-state index contributed by atoms with van der Waals surface area (Å²) in [5, 5.41) is 9.50. The number of sulfone groups is 1. The van der Waals surface area contributed by atoms with E-state index < -0.39 is 21.2 Å². The van der Waals surface area contributed by atoms with E-state index in [0.29, 0.717) is 24.2 Å². The van der Waals surface area contributed by atoms with Gasteiger partial charge in [0.05, 0.1) is 17.4 Å². The molecule has 0 radical (unpaired) electrons. The van der Waals surface area contributed by atoms with Gasteiger partial charge >= 0.3 is 5.97 Å². The van der Waals surface area contributed by atoms with Crippen LogP contribution in [0.1, 0.15) is 24.8 Å². The van der Waals surface area contributed by atoms with Crippen molar-refractivity contribution in [3.8, 4) is 5.75 Å². The normalized spacial score (nSPS) is 17.6. The lowest BCUT2D eigenvalue weighted by atomic mass is 9.64. The van der Waals surface area contributed by atoms with E-state index in [4.69, 9.17) is 4.74 Å². The van der Waals surface area contributed by atoms with Gasteiger partial charge in [-0.3, -0.25) is 4.79 Å². The van der Waals surface area contributed by atoms with Crippen LogP contribution in [0.15, 0.2) is 23.1 Å². The Kier molecular flexibility index (Phi) is 3.30. The maximum atomic E-state index is 11.9. The van der Waals surface area contributed by atoms with Crippen LogP contribution in [0.25, 0.3) is 0 Å². The first-order chi connectivity index (χ1) is 8.83. The number of hydrogen-bond donors (Lipinski definition) is 1. The molecule has 0 saturated heterocycles. The van der Waals surface area contributed by atoms with E-state index in [9.17, 15) is 18.3 Å². The second kappa shape index (κ2) is 4.52. The molecular weight excluding hydrogens is 268 g/mol. The van der Waals surface area contributed by atoms with E-state index in [1.807, 2.05) is 0 Å². The predicted molar refractivity (Wildman–Crippen MR) is 69.3 cm³/mol. The molecule has 0 bridgehead atoms. The second-order valence-electron chi connectivity index (χ2n) is 4.85. The van der Waals surface area contributed by atoms with Crippen LogP contribution in [0.2, 0.25) is 0 Å². The summed E-state index contributed by atoms with van der Waals surface area (Å²) in [6.45, 7) is 0. The summed E-state index contributed by atoms with van der Waals surface area (Å²) in [4.78, 5) is 11.7. The molecule has 1 aliphatic rings. The lowest BCUT2D eigenvalue weighted by molar-refractivity contribution is -0.147. The van der Waals surface area contributed by atoms with Gasteiger partial charge in [0.2, 0.25) is 0 Å². The summed E-state index contributed by atoms with van der Waals surface area (Å²) in [6, 6.07) is 4.61. The van der Waals surface area contributed by atoms with Crippen LogP contribution in [0.4, 0.5) is 0 Å². The molecule has 104 valence electrons. The van der Waals surface area contributed by atoms with Gasteiger partial charge in [-0.05, 0) is 25.0 Å². The number of ether oxygens (including phenoxy) is 1. The Morgan fingerprint density at radius 1 is 1.37 bits per heavy atom. The molecule has 19 heavy (non-hydrogen) atoms. The molecule has 1 N–H and O–H groups in total. The number of carboxylic acid groups (broad SMARTS) is 1. The molecule has 1 aliphatic carbocycles. The molecule has 2 rings (SSSR count). The Balaban J connectivity index is 2.77. The van der Waals surface area contributed by atoms with Crippen molar-refractivity contribution in [3.63, 3.8) is 0 Å². The minimum Gasteiger partial charge on any atom is -0.496 e. The molecule has 0 atom stereocenters. The monoisotopic (exact) mass is 284 g/mol. The SMILES string of the molecule is COc1cccc(S(C)(=O)=O)c1C1(C(=O)O)CCC1. The van der Waals surface area contributed by atoms with Crippen molar-refractivity contribution in [2.75, 3.05) is 13.4 Å². The molecule has 0 unspecified atom stereocenters. The third kappa shape index (κ3) is 2.10. The minimum atomic E-state index is -3.50. The Morgan fingerprint density at radius 3 is 2.37 bits per heavy atom. The van der Waals surface area contributed by atoms with E-state index in [-0.39, 0.29) is 4.90 Å². The number of methoxy groups -OCH3 is 1. The maximum Gasteiger partial charge on any atom is 0.314 e. The van der Waals surface area contributed by atoms with E-state index in [0.717, 1.165) is 12.7 Å². The highest BCUT2D eigenvalue weighted by molar-refractivity contribution is 7.90. The number of rotatable bonds is 4. The van der Waals surface area contributed by atoms with E-state index in [1.54, 1.807) is 12.1 Å². The van der Waals surface area contributed by atoms with Gasteiger partial charge in [-0.25, -0.2) is 8.42 Å². The van der Waals surface area contributed by atoms with Gasteiger partial charge in [0.1, 0.15) is 5.75 Å². The van der Waals surface area contributed by atoms with Crippen molar-refractivity contribution in [2.24, 2.45) is 0 Å². The van der Waals surface area contributed by atoms with Crippen molar-refractivity contribution in [2.45, 2.75) is 29.6 Å². The summed E-state index contributed by atoms with van der Waals surface area (Å²) >= 11 is 0. The van der Waals surface area contributed by atoms with Gasteiger partial charge in [-0.2, -0.15) is 0 Å². The zero-order valence-corrected chi connectivity index (χ0v) is 11.7. The molecule has 0 aliphatic heterocycles. The fourth-order valence-corrected chi connectivity index (χ4v) is 3.56. The van der Waals surface area contributed by atoms with Crippen LogP contribution in [-0.4, -0.2) is 32.9 Å². The van der Waals surface area contributed by atoms with Gasteiger partial charge in [-0.1, -0.05) is 12.5 Å². The zero-order valence-electron chi connectivity index (χ0n) is 10.8. The number of carboxylic acids is 1. The van der Waals surface area contributed by atoms with Gasteiger partial charge in [0, 0.05) is 11.8 Å². The summed E-state index contributed by atoms with van der Waals surface area (Å²) in [5.74, 6) is -0.668. The van der Waals surface area contributed by atoms with Crippen molar-refractivity contribution >= 4 is 15.8 Å². The van der Waals surface area contributed by atoms with Crippen LogP contribution in [0, 0.1) is 0 Å². The lowest BCUT2D eigenvalue weighted by Crippen LogP contribution is -2.43. The molecule has 1 aromatic rings. The van der Waals surface area contributed by atoms with Gasteiger partial charge < -0.3 is 9.84 Å². The average Bonchev–Trinajstić information content (AvgIpc) is 2.25. The third-order valence-corrected chi connectivity index (χ3v) is 4.84. The molecule has 0 spiro atoms. The fourth-order valence-electron chi connectivity index (χ4n) is 2.56. The molecule has 1 fully saturated rings. The molecule has 5 nitrogen and oxygen atoms in total. The Morgan fingerprint density at radius 2 is 2.00 bits per heavy atom. The minimum absolute atomic E-state index is 0.0500. The van der Waals surface area contributed by atoms with E-state index in [1.165, 1.54) is 13.2 Å². The van der Waals surface area contributed by atoms with Crippen LogP contribution in [0.5, 0.6) is 5.75 Å². The van der Waals surface area contributed by atoms with E-state index in [2.05, 4.69) is 0 Å². The molecule has 0 heterocycles. The van der Waals surface area contributed by atoms with Crippen molar-refractivity contribution in [3.05, 3.63) is 23.8 Å². The number of carbonyl (C=O) groups is 1. The largest absolute Gasteiger partial charge is 0.496 e. The number of benzene rings is 1. The maximum absolute atomic E-state index is 11.9. The third-order valence-electron chi connectivity index (χ3n) is 3.70. The summed E-state index contributed by atoms with van der Waals surface area (Å²) in [6.07, 6.45) is 2.73. The molecule has 6 heteroatoms. The van der Waals surface area contributed by atoms with Crippen LogP contribution in [0.3, 0.4) is 0 Å². The molecule has 0 amide bonds. The Hall–Kier alpha value is -1.56. The fraction of sp³-hybridized carbons (Fsp3) is 0.462. The molecular formula is C13H16O5S.